The summed E-state index contributed by atoms with van der Waals surface area (Å²) in [7, 11) is 0. The van der Waals surface area contributed by atoms with E-state index in [1.165, 1.54) is 6.07 Å². The highest BCUT2D eigenvalue weighted by Gasteiger charge is 2.28. The molecule has 0 aromatic heterocycles. The highest BCUT2D eigenvalue weighted by molar-refractivity contribution is 5.85. The molecule has 15 heavy (non-hydrogen) atoms. The molecule has 0 bridgehead atoms. The summed E-state index contributed by atoms with van der Waals surface area (Å²) in [6.45, 7) is 0. The van der Waals surface area contributed by atoms with E-state index in [0.29, 0.717) is 18.4 Å². The average molecular weight is 236 g/mol. The van der Waals surface area contributed by atoms with E-state index in [1.807, 2.05) is 0 Å². The van der Waals surface area contributed by atoms with Gasteiger partial charge in [-0.3, -0.25) is 0 Å². The first-order chi connectivity index (χ1) is 6.59. The summed E-state index contributed by atoms with van der Waals surface area (Å²) in [5, 5.41) is 9.61. The standard InChI is InChI=1S/C10H11F2NO.ClH/c11-6-3-5-1-2-8(13)10(14)9(5)7(12)4-6;/h3-4,8,10,14H,1-2,13H2;1H. The molecule has 1 aromatic rings. The number of hydrogen-bond donors (Lipinski definition) is 2. The Labute approximate surface area is 92.5 Å². The Morgan fingerprint density at radius 1 is 1.33 bits per heavy atom. The molecule has 0 radical (unpaired) electrons. The van der Waals surface area contributed by atoms with Gasteiger partial charge in [-0.2, -0.15) is 0 Å². The summed E-state index contributed by atoms with van der Waals surface area (Å²) in [5.41, 5.74) is 6.27. The van der Waals surface area contributed by atoms with Gasteiger partial charge in [0.15, 0.2) is 0 Å². The van der Waals surface area contributed by atoms with Crippen molar-refractivity contribution in [1.82, 2.24) is 0 Å². The number of aliphatic hydroxyl groups is 1. The Morgan fingerprint density at radius 2 is 2.00 bits per heavy atom. The van der Waals surface area contributed by atoms with Gasteiger partial charge in [-0.05, 0) is 24.5 Å². The molecule has 84 valence electrons. The maximum absolute atomic E-state index is 13.3. The normalized spacial score (nSPS) is 24.3. The number of nitrogens with two attached hydrogens (primary N) is 1. The molecule has 1 aliphatic carbocycles. The predicted octanol–water partition coefficient (Wildman–Crippen LogP) is 1.69. The third-order valence-electron chi connectivity index (χ3n) is 2.63. The Morgan fingerprint density at radius 3 is 2.67 bits per heavy atom. The molecule has 0 aliphatic heterocycles. The molecule has 0 amide bonds. The van der Waals surface area contributed by atoms with Crippen LogP contribution in [0.2, 0.25) is 0 Å². The zero-order valence-corrected chi connectivity index (χ0v) is 8.73. The number of aliphatic hydroxyl groups excluding tert-OH is 1. The van der Waals surface area contributed by atoms with E-state index < -0.39 is 23.8 Å². The average Bonchev–Trinajstić information content (AvgIpc) is 2.10. The van der Waals surface area contributed by atoms with Gasteiger partial charge in [-0.25, -0.2) is 8.78 Å². The molecule has 0 saturated carbocycles. The van der Waals surface area contributed by atoms with Gasteiger partial charge < -0.3 is 10.8 Å². The van der Waals surface area contributed by atoms with E-state index in [9.17, 15) is 13.9 Å². The molecule has 2 nitrogen and oxygen atoms in total. The van der Waals surface area contributed by atoms with Crippen LogP contribution in [0.1, 0.15) is 23.7 Å². The predicted molar refractivity (Wildman–Crippen MR) is 54.9 cm³/mol. The number of benzene rings is 1. The highest BCUT2D eigenvalue weighted by Crippen LogP contribution is 2.31. The second-order valence-electron chi connectivity index (χ2n) is 3.61. The molecule has 3 N–H and O–H groups in total. The van der Waals surface area contributed by atoms with E-state index in [2.05, 4.69) is 0 Å². The summed E-state index contributed by atoms with van der Waals surface area (Å²) in [5.74, 6) is -1.31. The van der Waals surface area contributed by atoms with Crippen LogP contribution < -0.4 is 5.73 Å². The van der Waals surface area contributed by atoms with Gasteiger partial charge in [0.1, 0.15) is 11.6 Å². The topological polar surface area (TPSA) is 46.2 Å². The van der Waals surface area contributed by atoms with Crippen molar-refractivity contribution < 1.29 is 13.9 Å². The zero-order chi connectivity index (χ0) is 10.3. The van der Waals surface area contributed by atoms with Crippen LogP contribution in [-0.2, 0) is 6.42 Å². The lowest BCUT2D eigenvalue weighted by molar-refractivity contribution is 0.129. The van der Waals surface area contributed by atoms with Gasteiger partial charge in [0.05, 0.1) is 6.10 Å². The molecule has 1 aliphatic rings. The lowest BCUT2D eigenvalue weighted by atomic mass is 9.86. The minimum absolute atomic E-state index is 0. The van der Waals surface area contributed by atoms with Gasteiger partial charge in [-0.15, -0.1) is 12.4 Å². The smallest absolute Gasteiger partial charge is 0.132 e. The molecule has 0 saturated heterocycles. The van der Waals surface area contributed by atoms with Crippen LogP contribution in [0.15, 0.2) is 12.1 Å². The number of hydrogen-bond acceptors (Lipinski definition) is 2. The summed E-state index contributed by atoms with van der Waals surface area (Å²) < 4.78 is 26.1. The molecule has 5 heteroatoms. The van der Waals surface area contributed by atoms with Crippen LogP contribution in [0, 0.1) is 11.6 Å². The first-order valence-electron chi connectivity index (χ1n) is 4.51. The van der Waals surface area contributed by atoms with Crippen molar-refractivity contribution >= 4 is 12.4 Å². The number of halogens is 3. The van der Waals surface area contributed by atoms with E-state index in [4.69, 9.17) is 5.73 Å². The maximum atomic E-state index is 13.3. The Balaban J connectivity index is 0.00000112. The van der Waals surface area contributed by atoms with Crippen LogP contribution in [0.3, 0.4) is 0 Å². The monoisotopic (exact) mass is 235 g/mol. The summed E-state index contributed by atoms with van der Waals surface area (Å²) >= 11 is 0. The van der Waals surface area contributed by atoms with Crippen LogP contribution in [-0.4, -0.2) is 11.1 Å². The number of fused-ring (bicyclic) bond motifs is 1. The van der Waals surface area contributed by atoms with Gasteiger partial charge in [-0.1, -0.05) is 0 Å². The van der Waals surface area contributed by atoms with Gasteiger partial charge in [0.2, 0.25) is 0 Å². The quantitative estimate of drug-likeness (QED) is 0.719. The van der Waals surface area contributed by atoms with Crippen LogP contribution in [0.4, 0.5) is 8.78 Å². The van der Waals surface area contributed by atoms with Crippen LogP contribution in [0.25, 0.3) is 0 Å². The molecule has 2 atom stereocenters. The van der Waals surface area contributed by atoms with Gasteiger partial charge >= 0.3 is 0 Å². The van der Waals surface area contributed by atoms with Crippen molar-refractivity contribution in [2.45, 2.75) is 25.0 Å². The van der Waals surface area contributed by atoms with E-state index in [0.717, 1.165) is 6.07 Å². The van der Waals surface area contributed by atoms with Crippen molar-refractivity contribution in [3.05, 3.63) is 34.9 Å². The second-order valence-corrected chi connectivity index (χ2v) is 3.61. The Hall–Kier alpha value is -0.710. The Kier molecular flexibility index (Phi) is 3.65. The fourth-order valence-corrected chi connectivity index (χ4v) is 1.87. The number of rotatable bonds is 0. The van der Waals surface area contributed by atoms with Crippen molar-refractivity contribution in [2.24, 2.45) is 5.73 Å². The summed E-state index contributed by atoms with van der Waals surface area (Å²) in [6.07, 6.45) is 0.0543. The Bertz CT molecular complexity index is 373. The largest absolute Gasteiger partial charge is 0.387 e. The molecular formula is C10H12ClF2NO. The highest BCUT2D eigenvalue weighted by atomic mass is 35.5. The van der Waals surface area contributed by atoms with Crippen molar-refractivity contribution in [2.75, 3.05) is 0 Å². The second kappa shape index (κ2) is 4.43. The minimum atomic E-state index is -1.01. The van der Waals surface area contributed by atoms with Crippen molar-refractivity contribution in [1.29, 1.82) is 0 Å². The van der Waals surface area contributed by atoms with Gasteiger partial charge in [0.25, 0.3) is 0 Å². The first-order valence-corrected chi connectivity index (χ1v) is 4.51. The molecule has 0 heterocycles. The maximum Gasteiger partial charge on any atom is 0.132 e. The van der Waals surface area contributed by atoms with Crippen LogP contribution in [0.5, 0.6) is 0 Å². The fraction of sp³-hybridized carbons (Fsp3) is 0.400. The van der Waals surface area contributed by atoms with Gasteiger partial charge in [0, 0.05) is 17.7 Å². The lowest BCUT2D eigenvalue weighted by Crippen LogP contribution is -2.33. The molecule has 0 fully saturated rings. The van der Waals surface area contributed by atoms with Crippen molar-refractivity contribution in [3.63, 3.8) is 0 Å². The zero-order valence-electron chi connectivity index (χ0n) is 7.91. The molecular weight excluding hydrogens is 224 g/mol. The molecule has 1 aromatic carbocycles. The third-order valence-corrected chi connectivity index (χ3v) is 2.63. The van der Waals surface area contributed by atoms with E-state index >= 15 is 0 Å². The fourth-order valence-electron chi connectivity index (χ4n) is 1.87. The minimum Gasteiger partial charge on any atom is -0.387 e. The van der Waals surface area contributed by atoms with E-state index in [-0.39, 0.29) is 18.0 Å². The third kappa shape index (κ3) is 2.12. The summed E-state index contributed by atoms with van der Waals surface area (Å²) in [6, 6.07) is 1.58. The lowest BCUT2D eigenvalue weighted by Gasteiger charge is -2.27. The van der Waals surface area contributed by atoms with Crippen molar-refractivity contribution in [3.8, 4) is 0 Å². The molecule has 2 unspecified atom stereocenters. The molecule has 0 spiro atoms. The van der Waals surface area contributed by atoms with E-state index in [1.54, 1.807) is 0 Å². The SMILES string of the molecule is Cl.NC1CCc2cc(F)cc(F)c2C1O. The van der Waals surface area contributed by atoms with Crippen LogP contribution >= 0.6 is 12.4 Å². The summed E-state index contributed by atoms with van der Waals surface area (Å²) in [4.78, 5) is 0. The first kappa shape index (κ1) is 12.4. The number of aryl methyl sites for hydroxylation is 1. The molecule has 2 rings (SSSR count).